The Balaban J connectivity index is 1.75. The van der Waals surface area contributed by atoms with Crippen molar-refractivity contribution in [2.75, 3.05) is 13.1 Å². The highest BCUT2D eigenvalue weighted by molar-refractivity contribution is 4.96. The van der Waals surface area contributed by atoms with E-state index < -0.39 is 0 Å². The molecule has 0 aromatic rings. The van der Waals surface area contributed by atoms with Crippen LogP contribution in [-0.4, -0.2) is 35.2 Å². The molecule has 1 aliphatic heterocycles. The van der Waals surface area contributed by atoms with Crippen LogP contribution in [0.15, 0.2) is 0 Å². The minimum Gasteiger partial charge on any atom is -0.393 e. The van der Waals surface area contributed by atoms with Gasteiger partial charge >= 0.3 is 0 Å². The molecule has 0 aromatic carbocycles. The van der Waals surface area contributed by atoms with Crippen molar-refractivity contribution in [3.63, 3.8) is 0 Å². The fraction of sp³-hybridized carbons (Fsp3) is 0.857. The molecule has 2 nitrogen and oxygen atoms in total. The quantitative estimate of drug-likeness (QED) is 0.536. The summed E-state index contributed by atoms with van der Waals surface area (Å²) in [6.45, 7) is 2.30. The minimum absolute atomic E-state index is 0.00981. The van der Waals surface area contributed by atoms with E-state index in [1.807, 2.05) is 0 Å². The molecular weight excluding hydrogens is 114 g/mol. The van der Waals surface area contributed by atoms with Crippen LogP contribution in [0.5, 0.6) is 0 Å². The van der Waals surface area contributed by atoms with Crippen LogP contribution in [0.1, 0.15) is 12.8 Å². The van der Waals surface area contributed by atoms with Crippen LogP contribution in [0.4, 0.5) is 0 Å². The topological polar surface area (TPSA) is 23.5 Å². The number of aliphatic hydroxyl groups excluding tert-OH is 1. The minimum atomic E-state index is 0.00981. The summed E-state index contributed by atoms with van der Waals surface area (Å²) in [4.78, 5) is 2.41. The summed E-state index contributed by atoms with van der Waals surface area (Å²) in [5.74, 6) is 0. The van der Waals surface area contributed by atoms with Gasteiger partial charge in [-0.25, -0.2) is 0 Å². The SMILES string of the molecule is OC1CC(N2C[CH]C2)C1. The van der Waals surface area contributed by atoms with Gasteiger partial charge in [0.15, 0.2) is 0 Å². The summed E-state index contributed by atoms with van der Waals surface area (Å²) >= 11 is 0. The molecule has 9 heavy (non-hydrogen) atoms. The number of nitrogens with zero attached hydrogens (tertiary/aromatic N) is 1. The monoisotopic (exact) mass is 126 g/mol. The second-order valence-corrected chi connectivity index (χ2v) is 3.02. The average Bonchev–Trinajstić information content (AvgIpc) is 1.57. The lowest BCUT2D eigenvalue weighted by Gasteiger charge is -2.45. The van der Waals surface area contributed by atoms with E-state index in [4.69, 9.17) is 5.11 Å². The molecule has 0 atom stereocenters. The van der Waals surface area contributed by atoms with Crippen molar-refractivity contribution in [2.24, 2.45) is 0 Å². The maximum atomic E-state index is 8.95. The summed E-state index contributed by atoms with van der Waals surface area (Å²) in [5.41, 5.74) is 0. The van der Waals surface area contributed by atoms with Gasteiger partial charge in [-0.3, -0.25) is 4.90 Å². The first-order valence-electron chi connectivity index (χ1n) is 3.60. The van der Waals surface area contributed by atoms with Crippen LogP contribution in [-0.2, 0) is 0 Å². The van der Waals surface area contributed by atoms with E-state index in [1.165, 1.54) is 0 Å². The molecule has 1 heterocycles. The van der Waals surface area contributed by atoms with Gasteiger partial charge in [-0.1, -0.05) is 0 Å². The molecule has 1 radical (unpaired) electrons. The van der Waals surface area contributed by atoms with E-state index in [9.17, 15) is 0 Å². The van der Waals surface area contributed by atoms with Gasteiger partial charge < -0.3 is 5.11 Å². The van der Waals surface area contributed by atoms with E-state index in [0.717, 1.165) is 25.9 Å². The summed E-state index contributed by atoms with van der Waals surface area (Å²) in [5, 5.41) is 8.95. The number of hydrogen-bond donors (Lipinski definition) is 1. The van der Waals surface area contributed by atoms with Crippen LogP contribution >= 0.6 is 0 Å². The normalized spacial score (nSPS) is 43.7. The Morgan fingerprint density at radius 3 is 2.33 bits per heavy atom. The summed E-state index contributed by atoms with van der Waals surface area (Å²) in [7, 11) is 0. The van der Waals surface area contributed by atoms with Gasteiger partial charge in [0.05, 0.1) is 6.10 Å². The van der Waals surface area contributed by atoms with Crippen molar-refractivity contribution < 1.29 is 5.11 Å². The smallest absolute Gasteiger partial charge is 0.0570 e. The van der Waals surface area contributed by atoms with Crippen molar-refractivity contribution in [2.45, 2.75) is 25.0 Å². The zero-order valence-electron chi connectivity index (χ0n) is 5.45. The molecular formula is C7H12NO. The van der Waals surface area contributed by atoms with Gasteiger partial charge in [0, 0.05) is 19.1 Å². The first kappa shape index (κ1) is 5.69. The molecule has 51 valence electrons. The molecule has 1 N–H and O–H groups in total. The van der Waals surface area contributed by atoms with E-state index >= 15 is 0 Å². The summed E-state index contributed by atoms with van der Waals surface area (Å²) < 4.78 is 0. The number of rotatable bonds is 1. The third-order valence-electron chi connectivity index (χ3n) is 2.33. The average molecular weight is 126 g/mol. The van der Waals surface area contributed by atoms with E-state index in [-0.39, 0.29) is 6.10 Å². The Hall–Kier alpha value is -0.0800. The Morgan fingerprint density at radius 2 is 2.00 bits per heavy atom. The molecule has 2 aliphatic rings. The fourth-order valence-corrected chi connectivity index (χ4v) is 1.43. The molecule has 0 unspecified atom stereocenters. The highest BCUT2D eigenvalue weighted by atomic mass is 16.3. The van der Waals surface area contributed by atoms with Crippen molar-refractivity contribution in [1.29, 1.82) is 0 Å². The predicted molar refractivity (Wildman–Crippen MR) is 34.9 cm³/mol. The van der Waals surface area contributed by atoms with Crippen LogP contribution in [0, 0.1) is 6.42 Å². The van der Waals surface area contributed by atoms with Crippen LogP contribution in [0.25, 0.3) is 0 Å². The largest absolute Gasteiger partial charge is 0.393 e. The lowest BCUT2D eigenvalue weighted by Crippen LogP contribution is -2.53. The van der Waals surface area contributed by atoms with Crippen molar-refractivity contribution in [1.82, 2.24) is 4.90 Å². The molecule has 2 rings (SSSR count). The molecule has 1 saturated heterocycles. The van der Waals surface area contributed by atoms with Crippen LogP contribution < -0.4 is 0 Å². The molecule has 2 fully saturated rings. The summed E-state index contributed by atoms with van der Waals surface area (Å²) in [6.07, 6.45) is 4.29. The zero-order chi connectivity index (χ0) is 6.27. The molecule has 0 bridgehead atoms. The number of hydrogen-bond acceptors (Lipinski definition) is 2. The highest BCUT2D eigenvalue weighted by Crippen LogP contribution is 2.28. The van der Waals surface area contributed by atoms with Crippen LogP contribution in [0.3, 0.4) is 0 Å². The first-order valence-corrected chi connectivity index (χ1v) is 3.60. The first-order chi connectivity index (χ1) is 4.36. The molecule has 0 spiro atoms. The standard InChI is InChI=1S/C7H12NO/c9-7-4-6(5-7)8-2-1-3-8/h1,6-7,9H,2-5H2. The Labute approximate surface area is 55.5 Å². The lowest BCUT2D eigenvalue weighted by molar-refractivity contribution is -0.00774. The van der Waals surface area contributed by atoms with E-state index in [2.05, 4.69) is 11.3 Å². The fourth-order valence-electron chi connectivity index (χ4n) is 1.43. The van der Waals surface area contributed by atoms with E-state index in [1.54, 1.807) is 0 Å². The van der Waals surface area contributed by atoms with Gasteiger partial charge in [-0.05, 0) is 19.3 Å². The Morgan fingerprint density at radius 1 is 1.33 bits per heavy atom. The number of likely N-dealkylation sites (tertiary alicyclic amines) is 1. The van der Waals surface area contributed by atoms with Gasteiger partial charge in [-0.2, -0.15) is 0 Å². The highest BCUT2D eigenvalue weighted by Gasteiger charge is 2.34. The second kappa shape index (κ2) is 1.96. The van der Waals surface area contributed by atoms with Crippen molar-refractivity contribution >= 4 is 0 Å². The van der Waals surface area contributed by atoms with Gasteiger partial charge in [-0.15, -0.1) is 0 Å². The van der Waals surface area contributed by atoms with Gasteiger partial charge in [0.1, 0.15) is 0 Å². The zero-order valence-corrected chi connectivity index (χ0v) is 5.45. The maximum absolute atomic E-state index is 8.95. The van der Waals surface area contributed by atoms with Gasteiger partial charge in [0.25, 0.3) is 0 Å². The maximum Gasteiger partial charge on any atom is 0.0570 e. The summed E-state index contributed by atoms with van der Waals surface area (Å²) in [6, 6.07) is 0.713. The predicted octanol–water partition coefficient (Wildman–Crippen LogP) is 0.0296. The third kappa shape index (κ3) is 0.864. The molecule has 0 aromatic heterocycles. The van der Waals surface area contributed by atoms with Gasteiger partial charge in [0.2, 0.25) is 0 Å². The molecule has 2 heteroatoms. The Kier molecular flexibility index (Phi) is 1.24. The van der Waals surface area contributed by atoms with Crippen molar-refractivity contribution in [3.05, 3.63) is 6.42 Å². The second-order valence-electron chi connectivity index (χ2n) is 3.02. The Bertz CT molecular complexity index is 105. The lowest BCUT2D eigenvalue weighted by atomic mass is 9.86. The third-order valence-corrected chi connectivity index (χ3v) is 2.33. The van der Waals surface area contributed by atoms with E-state index in [0.29, 0.717) is 6.04 Å². The molecule has 1 aliphatic carbocycles. The molecule has 1 saturated carbocycles. The molecule has 0 amide bonds. The van der Waals surface area contributed by atoms with Crippen LogP contribution in [0.2, 0.25) is 0 Å². The van der Waals surface area contributed by atoms with Crippen molar-refractivity contribution in [3.8, 4) is 0 Å². The number of aliphatic hydroxyl groups is 1.